The van der Waals surface area contributed by atoms with Gasteiger partial charge >= 0.3 is 5.97 Å². The molecule has 1 aromatic carbocycles. The Hall–Kier alpha value is -2.68. The van der Waals surface area contributed by atoms with Gasteiger partial charge in [-0.05, 0) is 19.1 Å². The average Bonchev–Trinajstić information content (AvgIpc) is 2.41. The second-order valence-electron chi connectivity index (χ2n) is 3.54. The minimum absolute atomic E-state index is 0.0355. The van der Waals surface area contributed by atoms with Crippen LogP contribution >= 0.6 is 11.6 Å². The zero-order valence-corrected chi connectivity index (χ0v) is 11.5. The minimum Gasteiger partial charge on any atom is -0.461 e. The first-order chi connectivity index (χ1) is 9.90. The number of carbonyl (C=O) groups excluding carboxylic acids is 2. The zero-order chi connectivity index (χ0) is 16.0. The van der Waals surface area contributed by atoms with Crippen molar-refractivity contribution in [2.24, 2.45) is 5.16 Å². The van der Waals surface area contributed by atoms with Gasteiger partial charge in [0, 0.05) is 11.1 Å². The SMILES string of the molecule is CCOC(=O)/C(=N\O)C(=O)Nc1ccc(Cl)cc1[N+](=O)[O-]. The predicted octanol–water partition coefficient (Wildman–Crippen LogP) is 1.58. The third kappa shape index (κ3) is 4.14. The number of nitrogens with zero attached hydrogens (tertiary/aromatic N) is 2. The van der Waals surface area contributed by atoms with Crippen LogP contribution in [0.4, 0.5) is 11.4 Å². The number of esters is 1. The highest BCUT2D eigenvalue weighted by atomic mass is 35.5. The summed E-state index contributed by atoms with van der Waals surface area (Å²) in [6.45, 7) is 1.46. The minimum atomic E-state index is -1.16. The monoisotopic (exact) mass is 315 g/mol. The van der Waals surface area contributed by atoms with E-state index in [4.69, 9.17) is 16.8 Å². The van der Waals surface area contributed by atoms with Gasteiger partial charge in [0.25, 0.3) is 17.3 Å². The highest BCUT2D eigenvalue weighted by Gasteiger charge is 2.25. The lowest BCUT2D eigenvalue weighted by molar-refractivity contribution is -0.383. The van der Waals surface area contributed by atoms with Gasteiger partial charge in [-0.15, -0.1) is 0 Å². The number of nitro groups is 1. The van der Waals surface area contributed by atoms with E-state index in [0.717, 1.165) is 6.07 Å². The summed E-state index contributed by atoms with van der Waals surface area (Å²) in [6.07, 6.45) is 0. The zero-order valence-electron chi connectivity index (χ0n) is 10.7. The number of nitro benzene ring substituents is 1. The molecule has 112 valence electrons. The van der Waals surface area contributed by atoms with Gasteiger partial charge in [-0.1, -0.05) is 16.8 Å². The van der Waals surface area contributed by atoms with E-state index in [1.807, 2.05) is 0 Å². The molecular weight excluding hydrogens is 306 g/mol. The molecule has 0 saturated heterocycles. The van der Waals surface area contributed by atoms with E-state index in [2.05, 4.69) is 15.2 Å². The molecule has 0 aliphatic heterocycles. The summed E-state index contributed by atoms with van der Waals surface area (Å²) < 4.78 is 4.51. The van der Waals surface area contributed by atoms with Crippen molar-refractivity contribution in [1.29, 1.82) is 0 Å². The van der Waals surface area contributed by atoms with Gasteiger partial charge < -0.3 is 15.3 Å². The number of benzene rings is 1. The summed E-state index contributed by atoms with van der Waals surface area (Å²) in [5.74, 6) is -2.31. The Morgan fingerprint density at radius 3 is 2.71 bits per heavy atom. The highest BCUT2D eigenvalue weighted by molar-refractivity contribution is 6.65. The summed E-state index contributed by atoms with van der Waals surface area (Å²) in [5.41, 5.74) is -1.61. The maximum Gasteiger partial charge on any atom is 0.366 e. The molecule has 21 heavy (non-hydrogen) atoms. The summed E-state index contributed by atoms with van der Waals surface area (Å²) in [7, 11) is 0. The van der Waals surface area contributed by atoms with Crippen LogP contribution in [0.3, 0.4) is 0 Å². The fourth-order valence-electron chi connectivity index (χ4n) is 1.32. The van der Waals surface area contributed by atoms with Gasteiger partial charge in [-0.25, -0.2) is 4.79 Å². The Kier molecular flexibility index (Phi) is 5.61. The van der Waals surface area contributed by atoms with Gasteiger partial charge in [-0.2, -0.15) is 0 Å². The Bertz CT molecular complexity index is 616. The Balaban J connectivity index is 3.03. The fourth-order valence-corrected chi connectivity index (χ4v) is 1.49. The maximum absolute atomic E-state index is 11.8. The van der Waals surface area contributed by atoms with Crippen LogP contribution in [0, 0.1) is 10.1 Å². The molecular formula is C11H10ClN3O6. The molecule has 0 radical (unpaired) electrons. The van der Waals surface area contributed by atoms with Crippen molar-refractivity contribution < 1.29 is 24.5 Å². The summed E-state index contributed by atoms with van der Waals surface area (Å²) in [6, 6.07) is 3.51. The van der Waals surface area contributed by atoms with Gasteiger partial charge in [-0.3, -0.25) is 14.9 Å². The fraction of sp³-hybridized carbons (Fsp3) is 0.182. The van der Waals surface area contributed by atoms with Crippen molar-refractivity contribution in [3.05, 3.63) is 33.3 Å². The molecule has 0 aromatic heterocycles. The molecule has 0 unspecified atom stereocenters. The molecule has 1 amide bonds. The lowest BCUT2D eigenvalue weighted by Gasteiger charge is -2.07. The highest BCUT2D eigenvalue weighted by Crippen LogP contribution is 2.27. The van der Waals surface area contributed by atoms with Crippen LogP contribution in [-0.4, -0.2) is 34.3 Å². The average molecular weight is 316 g/mol. The van der Waals surface area contributed by atoms with Crippen molar-refractivity contribution >= 4 is 40.6 Å². The molecule has 0 aliphatic carbocycles. The molecule has 0 aliphatic rings. The summed E-state index contributed by atoms with van der Waals surface area (Å²) in [5, 5.41) is 24.2. The first-order valence-corrected chi connectivity index (χ1v) is 5.93. The van der Waals surface area contributed by atoms with Gasteiger partial charge in [0.1, 0.15) is 5.69 Å². The lowest BCUT2D eigenvalue weighted by Crippen LogP contribution is -2.31. The van der Waals surface area contributed by atoms with E-state index in [9.17, 15) is 19.7 Å². The number of anilines is 1. The molecule has 0 spiro atoms. The Morgan fingerprint density at radius 1 is 1.52 bits per heavy atom. The van der Waals surface area contributed by atoms with E-state index >= 15 is 0 Å². The number of nitrogens with one attached hydrogen (secondary N) is 1. The second kappa shape index (κ2) is 7.20. The largest absolute Gasteiger partial charge is 0.461 e. The predicted molar refractivity (Wildman–Crippen MR) is 72.6 cm³/mol. The van der Waals surface area contributed by atoms with E-state index in [0.29, 0.717) is 0 Å². The summed E-state index contributed by atoms with van der Waals surface area (Å²) >= 11 is 5.62. The van der Waals surface area contributed by atoms with Crippen LogP contribution in [0.15, 0.2) is 23.4 Å². The van der Waals surface area contributed by atoms with Crippen LogP contribution < -0.4 is 5.32 Å². The molecule has 1 aromatic rings. The lowest BCUT2D eigenvalue weighted by atomic mass is 10.2. The van der Waals surface area contributed by atoms with Crippen molar-refractivity contribution in [1.82, 2.24) is 0 Å². The standard InChI is InChI=1S/C11H10ClN3O6/c1-2-21-11(17)9(14-18)10(16)13-7-4-3-6(12)5-8(7)15(19)20/h3-5,18H,2H2,1H3,(H,13,16)/b14-9-. The maximum atomic E-state index is 11.8. The first-order valence-electron chi connectivity index (χ1n) is 5.55. The number of amides is 1. The second-order valence-corrected chi connectivity index (χ2v) is 3.98. The molecule has 10 heteroatoms. The van der Waals surface area contributed by atoms with Gasteiger partial charge in [0.05, 0.1) is 11.5 Å². The molecule has 2 N–H and O–H groups in total. The number of hydrogen-bond acceptors (Lipinski definition) is 7. The third-order valence-electron chi connectivity index (χ3n) is 2.19. The van der Waals surface area contributed by atoms with Crippen molar-refractivity contribution in [3.63, 3.8) is 0 Å². The van der Waals surface area contributed by atoms with Crippen LogP contribution in [0.2, 0.25) is 5.02 Å². The van der Waals surface area contributed by atoms with Crippen LogP contribution in [0.25, 0.3) is 0 Å². The van der Waals surface area contributed by atoms with Crippen LogP contribution in [0.5, 0.6) is 0 Å². The number of rotatable bonds is 5. The molecule has 1 rings (SSSR count). The first kappa shape index (κ1) is 16.4. The van der Waals surface area contributed by atoms with Gasteiger partial charge in [0.2, 0.25) is 0 Å². The van der Waals surface area contributed by atoms with E-state index < -0.39 is 28.2 Å². The van der Waals surface area contributed by atoms with Crippen LogP contribution in [0.1, 0.15) is 6.92 Å². The van der Waals surface area contributed by atoms with Crippen molar-refractivity contribution in [2.45, 2.75) is 6.92 Å². The quantitative estimate of drug-likeness (QED) is 0.212. The number of oxime groups is 1. The molecule has 0 saturated carbocycles. The van der Waals surface area contributed by atoms with Crippen LogP contribution in [-0.2, 0) is 14.3 Å². The molecule has 0 bridgehead atoms. The number of carbonyl (C=O) groups is 2. The Morgan fingerprint density at radius 2 is 2.19 bits per heavy atom. The number of hydrogen-bond donors (Lipinski definition) is 2. The van der Waals surface area contributed by atoms with Gasteiger partial charge in [0.15, 0.2) is 0 Å². The number of ether oxygens (including phenoxy) is 1. The van der Waals surface area contributed by atoms with E-state index in [-0.39, 0.29) is 17.3 Å². The molecule has 0 atom stereocenters. The van der Waals surface area contributed by atoms with Crippen molar-refractivity contribution in [3.8, 4) is 0 Å². The molecule has 0 fully saturated rings. The van der Waals surface area contributed by atoms with Crippen molar-refractivity contribution in [2.75, 3.05) is 11.9 Å². The third-order valence-corrected chi connectivity index (χ3v) is 2.42. The normalized spacial score (nSPS) is 10.9. The Labute approximate surface area is 123 Å². The molecule has 0 heterocycles. The topological polar surface area (TPSA) is 131 Å². The van der Waals surface area contributed by atoms with E-state index in [1.165, 1.54) is 19.1 Å². The number of halogens is 1. The summed E-state index contributed by atoms with van der Waals surface area (Å²) in [4.78, 5) is 33.2. The van der Waals surface area contributed by atoms with E-state index in [1.54, 1.807) is 0 Å². The molecule has 9 nitrogen and oxygen atoms in total. The smallest absolute Gasteiger partial charge is 0.366 e.